The van der Waals surface area contributed by atoms with Crippen molar-refractivity contribution in [2.24, 2.45) is 5.73 Å². The first-order valence-corrected chi connectivity index (χ1v) is 7.84. The Bertz CT molecular complexity index is 949. The van der Waals surface area contributed by atoms with Gasteiger partial charge in [0.05, 0.1) is 18.1 Å². The number of nitrogens with zero attached hydrogens (tertiary/aromatic N) is 1. The van der Waals surface area contributed by atoms with Crippen LogP contribution in [0.25, 0.3) is 0 Å². The molecule has 0 aliphatic carbocycles. The zero-order valence-corrected chi connectivity index (χ0v) is 14.0. The van der Waals surface area contributed by atoms with Crippen LogP contribution in [0.15, 0.2) is 41.8 Å². The van der Waals surface area contributed by atoms with E-state index < -0.39 is 5.92 Å². The lowest BCUT2D eigenvalue weighted by atomic mass is 9.83. The predicted octanol–water partition coefficient (Wildman–Crippen LogP) is 3.30. The van der Waals surface area contributed by atoms with Crippen LogP contribution < -0.4 is 24.7 Å². The molecule has 0 amide bonds. The van der Waals surface area contributed by atoms with Crippen molar-refractivity contribution in [3.8, 4) is 29.1 Å². The minimum absolute atomic E-state index is 0.0609. The summed E-state index contributed by atoms with van der Waals surface area (Å²) in [5.74, 6) is 1.90. The van der Waals surface area contributed by atoms with Crippen molar-refractivity contribution in [1.82, 2.24) is 0 Å². The molecule has 0 bridgehead atoms. The molecule has 0 saturated carbocycles. The summed E-state index contributed by atoms with van der Waals surface area (Å²) >= 11 is 6.27. The average Bonchev–Trinajstić information content (AvgIpc) is 3.06. The number of fused-ring (bicyclic) bond motifs is 2. The highest BCUT2D eigenvalue weighted by Crippen LogP contribution is 2.48. The van der Waals surface area contributed by atoms with Crippen LogP contribution in [0.4, 0.5) is 0 Å². The lowest BCUT2D eigenvalue weighted by Gasteiger charge is -2.27. The van der Waals surface area contributed by atoms with E-state index in [-0.39, 0.29) is 12.7 Å². The lowest BCUT2D eigenvalue weighted by molar-refractivity contribution is 0.174. The van der Waals surface area contributed by atoms with E-state index in [1.54, 1.807) is 25.3 Å². The molecule has 2 heterocycles. The quantitative estimate of drug-likeness (QED) is 0.888. The zero-order chi connectivity index (χ0) is 17.6. The SMILES string of the molecule is COc1ccc(C2C(C#N)=C(N)Oc3cc4c(cc32)OCO4)cc1Cl. The Morgan fingerprint density at radius 2 is 1.96 bits per heavy atom. The highest BCUT2D eigenvalue weighted by atomic mass is 35.5. The van der Waals surface area contributed by atoms with Gasteiger partial charge >= 0.3 is 0 Å². The van der Waals surface area contributed by atoms with E-state index in [9.17, 15) is 5.26 Å². The molecule has 2 aliphatic heterocycles. The summed E-state index contributed by atoms with van der Waals surface area (Å²) in [6.07, 6.45) is 0. The van der Waals surface area contributed by atoms with Crippen LogP contribution in [-0.2, 0) is 0 Å². The number of benzene rings is 2. The van der Waals surface area contributed by atoms with Crippen LogP contribution in [0, 0.1) is 11.3 Å². The number of hydrogen-bond donors (Lipinski definition) is 1. The van der Waals surface area contributed by atoms with Crippen molar-refractivity contribution >= 4 is 11.6 Å². The molecule has 0 spiro atoms. The summed E-state index contributed by atoms with van der Waals surface area (Å²) in [4.78, 5) is 0. The van der Waals surface area contributed by atoms with Gasteiger partial charge in [0.15, 0.2) is 11.5 Å². The van der Waals surface area contributed by atoms with Crippen LogP contribution >= 0.6 is 11.6 Å². The highest BCUT2D eigenvalue weighted by Gasteiger charge is 2.33. The summed E-state index contributed by atoms with van der Waals surface area (Å²) in [5, 5.41) is 10.0. The Kier molecular flexibility index (Phi) is 3.59. The summed E-state index contributed by atoms with van der Waals surface area (Å²) in [7, 11) is 1.55. The number of hydrogen-bond acceptors (Lipinski definition) is 6. The zero-order valence-electron chi connectivity index (χ0n) is 13.2. The summed E-state index contributed by atoms with van der Waals surface area (Å²) < 4.78 is 21.7. The van der Waals surface area contributed by atoms with E-state index in [1.807, 2.05) is 12.1 Å². The molecule has 2 aromatic rings. The third-order valence-corrected chi connectivity index (χ3v) is 4.52. The molecule has 7 heteroatoms. The largest absolute Gasteiger partial charge is 0.495 e. The van der Waals surface area contributed by atoms with Gasteiger partial charge in [-0.05, 0) is 23.8 Å². The van der Waals surface area contributed by atoms with Gasteiger partial charge in [-0.25, -0.2) is 0 Å². The molecule has 0 saturated heterocycles. The molecule has 2 aliphatic rings. The molecule has 6 nitrogen and oxygen atoms in total. The predicted molar refractivity (Wildman–Crippen MR) is 89.9 cm³/mol. The van der Waals surface area contributed by atoms with Gasteiger partial charge in [-0.3, -0.25) is 0 Å². The monoisotopic (exact) mass is 356 g/mol. The van der Waals surface area contributed by atoms with Gasteiger partial charge in [-0.2, -0.15) is 5.26 Å². The van der Waals surface area contributed by atoms with Gasteiger partial charge in [0.2, 0.25) is 12.7 Å². The van der Waals surface area contributed by atoms with Gasteiger partial charge < -0.3 is 24.7 Å². The third kappa shape index (κ3) is 2.41. The van der Waals surface area contributed by atoms with E-state index in [4.69, 9.17) is 36.3 Å². The van der Waals surface area contributed by atoms with Gasteiger partial charge in [-0.1, -0.05) is 17.7 Å². The molecule has 1 unspecified atom stereocenters. The smallest absolute Gasteiger partial charge is 0.231 e. The molecule has 1 atom stereocenters. The number of rotatable bonds is 2. The Morgan fingerprint density at radius 1 is 1.20 bits per heavy atom. The van der Waals surface area contributed by atoms with Crippen molar-refractivity contribution in [1.29, 1.82) is 5.26 Å². The number of nitrogens with two attached hydrogens (primary N) is 1. The topological polar surface area (TPSA) is 86.7 Å². The first kappa shape index (κ1) is 15.5. The standard InChI is InChI=1S/C18H13ClN2O4/c1-22-13-3-2-9(4-12(13)19)17-10-5-15-16(24-8-23-15)6-14(10)25-18(21)11(17)7-20/h2-6,17H,8,21H2,1H3. The number of allylic oxidation sites excluding steroid dienone is 1. The van der Waals surface area contributed by atoms with E-state index in [0.29, 0.717) is 33.6 Å². The van der Waals surface area contributed by atoms with E-state index >= 15 is 0 Å². The average molecular weight is 357 g/mol. The molecule has 126 valence electrons. The molecule has 25 heavy (non-hydrogen) atoms. The van der Waals surface area contributed by atoms with Crippen molar-refractivity contribution in [2.45, 2.75) is 5.92 Å². The van der Waals surface area contributed by atoms with E-state index in [1.165, 1.54) is 0 Å². The van der Waals surface area contributed by atoms with Crippen LogP contribution in [0.5, 0.6) is 23.0 Å². The maximum absolute atomic E-state index is 9.60. The molecule has 2 N–H and O–H groups in total. The van der Waals surface area contributed by atoms with Crippen molar-refractivity contribution in [3.63, 3.8) is 0 Å². The summed E-state index contributed by atoms with van der Waals surface area (Å²) in [5.41, 5.74) is 7.85. The van der Waals surface area contributed by atoms with Crippen LogP contribution in [0.2, 0.25) is 5.02 Å². The normalized spacial score (nSPS) is 17.6. The van der Waals surface area contributed by atoms with Crippen LogP contribution in [0.3, 0.4) is 0 Å². The molecule has 0 fully saturated rings. The molecule has 0 radical (unpaired) electrons. The molecule has 0 aromatic heterocycles. The third-order valence-electron chi connectivity index (χ3n) is 4.22. The minimum Gasteiger partial charge on any atom is -0.495 e. The van der Waals surface area contributed by atoms with Crippen molar-refractivity contribution in [2.75, 3.05) is 13.9 Å². The first-order chi connectivity index (χ1) is 12.1. The fraction of sp³-hybridized carbons (Fsp3) is 0.167. The Hall–Kier alpha value is -3.04. The number of nitriles is 1. The molecular formula is C18H13ClN2O4. The number of ether oxygens (including phenoxy) is 4. The highest BCUT2D eigenvalue weighted by molar-refractivity contribution is 6.32. The van der Waals surface area contributed by atoms with E-state index in [0.717, 1.165) is 11.1 Å². The Morgan fingerprint density at radius 3 is 2.64 bits per heavy atom. The van der Waals surface area contributed by atoms with Crippen LogP contribution in [-0.4, -0.2) is 13.9 Å². The second-order valence-electron chi connectivity index (χ2n) is 5.56. The van der Waals surface area contributed by atoms with Crippen molar-refractivity contribution < 1.29 is 18.9 Å². The summed E-state index contributed by atoms with van der Waals surface area (Å²) in [6, 6.07) is 11.0. The second kappa shape index (κ2) is 5.80. The van der Waals surface area contributed by atoms with Gasteiger partial charge in [0, 0.05) is 11.6 Å². The Labute approximate surface area is 148 Å². The van der Waals surface area contributed by atoms with Gasteiger partial charge in [0.1, 0.15) is 23.1 Å². The summed E-state index contributed by atoms with van der Waals surface area (Å²) in [6.45, 7) is 0.144. The van der Waals surface area contributed by atoms with E-state index in [2.05, 4.69) is 6.07 Å². The Balaban J connectivity index is 1.91. The first-order valence-electron chi connectivity index (χ1n) is 7.47. The number of halogens is 1. The van der Waals surface area contributed by atoms with Gasteiger partial charge in [-0.15, -0.1) is 0 Å². The minimum atomic E-state index is -0.424. The molecular weight excluding hydrogens is 344 g/mol. The number of methoxy groups -OCH3 is 1. The maximum Gasteiger partial charge on any atom is 0.231 e. The molecule has 2 aromatic carbocycles. The van der Waals surface area contributed by atoms with Gasteiger partial charge in [0.25, 0.3) is 0 Å². The fourth-order valence-corrected chi connectivity index (χ4v) is 3.32. The molecule has 4 rings (SSSR count). The van der Waals surface area contributed by atoms with Crippen LogP contribution in [0.1, 0.15) is 17.0 Å². The fourth-order valence-electron chi connectivity index (χ4n) is 3.05. The maximum atomic E-state index is 9.60. The second-order valence-corrected chi connectivity index (χ2v) is 5.97. The lowest BCUT2D eigenvalue weighted by Crippen LogP contribution is -2.21. The van der Waals surface area contributed by atoms with Crippen molar-refractivity contribution in [3.05, 3.63) is 57.9 Å².